The number of benzene rings is 1. The summed E-state index contributed by atoms with van der Waals surface area (Å²) in [4.78, 5) is 26.4. The van der Waals surface area contributed by atoms with Crippen LogP contribution in [0.15, 0.2) is 18.2 Å². The van der Waals surface area contributed by atoms with Gasteiger partial charge in [-0.2, -0.15) is 0 Å². The van der Waals surface area contributed by atoms with Gasteiger partial charge in [-0.25, -0.2) is 0 Å². The van der Waals surface area contributed by atoms with Crippen LogP contribution in [0.5, 0.6) is 0 Å². The number of ether oxygens (including phenoxy) is 1. The molecule has 0 spiro atoms. The molecule has 0 bridgehead atoms. The molecule has 4 nitrogen and oxygen atoms in total. The van der Waals surface area contributed by atoms with Crippen LogP contribution in [0, 0.1) is 19.8 Å². The van der Waals surface area contributed by atoms with Crippen LogP contribution >= 0.6 is 0 Å². The summed E-state index contributed by atoms with van der Waals surface area (Å²) in [5, 5.41) is 0. The number of rotatable bonds is 3. The Kier molecular flexibility index (Phi) is 4.99. The maximum Gasteiger partial charge on any atom is 0.310 e. The topological polar surface area (TPSA) is 46.6 Å². The molecule has 1 aliphatic rings. The van der Waals surface area contributed by atoms with Crippen molar-refractivity contribution in [1.82, 2.24) is 4.90 Å². The molecular formula is C17H23NO3. The smallest absolute Gasteiger partial charge is 0.310 e. The summed E-state index contributed by atoms with van der Waals surface area (Å²) >= 11 is 0. The van der Waals surface area contributed by atoms with Gasteiger partial charge in [0.2, 0.25) is 0 Å². The summed E-state index contributed by atoms with van der Waals surface area (Å²) in [6.45, 7) is 7.27. The third-order valence-electron chi connectivity index (χ3n) is 4.02. The van der Waals surface area contributed by atoms with Crippen LogP contribution in [0.1, 0.15) is 41.3 Å². The Balaban J connectivity index is 2.14. The van der Waals surface area contributed by atoms with Gasteiger partial charge in [-0.05, 0) is 44.7 Å². The van der Waals surface area contributed by atoms with Crippen molar-refractivity contribution >= 4 is 11.9 Å². The molecule has 0 N–H and O–H groups in total. The van der Waals surface area contributed by atoms with Gasteiger partial charge in [0.1, 0.15) is 0 Å². The third-order valence-corrected chi connectivity index (χ3v) is 4.02. The summed E-state index contributed by atoms with van der Waals surface area (Å²) in [6.07, 6.45) is 1.65. The first-order valence-electron chi connectivity index (χ1n) is 7.56. The Morgan fingerprint density at radius 3 is 2.57 bits per heavy atom. The molecule has 1 fully saturated rings. The molecule has 2 rings (SSSR count). The maximum atomic E-state index is 12.7. The van der Waals surface area contributed by atoms with Crippen LogP contribution < -0.4 is 0 Å². The van der Waals surface area contributed by atoms with Crippen molar-refractivity contribution in [3.8, 4) is 0 Å². The third kappa shape index (κ3) is 3.43. The Labute approximate surface area is 126 Å². The number of esters is 1. The first-order valence-corrected chi connectivity index (χ1v) is 7.56. The van der Waals surface area contributed by atoms with Gasteiger partial charge in [-0.1, -0.05) is 18.2 Å². The van der Waals surface area contributed by atoms with E-state index in [1.54, 1.807) is 11.8 Å². The molecule has 4 heteroatoms. The zero-order valence-corrected chi connectivity index (χ0v) is 13.0. The highest BCUT2D eigenvalue weighted by atomic mass is 16.5. The van der Waals surface area contributed by atoms with Crippen molar-refractivity contribution in [3.63, 3.8) is 0 Å². The molecule has 1 saturated heterocycles. The summed E-state index contributed by atoms with van der Waals surface area (Å²) in [7, 11) is 0. The number of aryl methyl sites for hydroxylation is 2. The van der Waals surface area contributed by atoms with Gasteiger partial charge in [0.15, 0.2) is 0 Å². The van der Waals surface area contributed by atoms with E-state index in [4.69, 9.17) is 4.74 Å². The van der Waals surface area contributed by atoms with Gasteiger partial charge < -0.3 is 9.64 Å². The molecule has 1 atom stereocenters. The molecule has 114 valence electrons. The predicted octanol–water partition coefficient (Wildman–Crippen LogP) is 2.72. The summed E-state index contributed by atoms with van der Waals surface area (Å²) in [5.41, 5.74) is 2.73. The van der Waals surface area contributed by atoms with Gasteiger partial charge in [-0.3, -0.25) is 9.59 Å². The predicted molar refractivity (Wildman–Crippen MR) is 81.2 cm³/mol. The van der Waals surface area contributed by atoms with Gasteiger partial charge in [0.25, 0.3) is 5.91 Å². The number of nitrogens with zero attached hydrogens (tertiary/aromatic N) is 1. The van der Waals surface area contributed by atoms with E-state index in [1.165, 1.54) is 0 Å². The lowest BCUT2D eigenvalue weighted by molar-refractivity contribution is -0.149. The summed E-state index contributed by atoms with van der Waals surface area (Å²) < 4.78 is 5.09. The summed E-state index contributed by atoms with van der Waals surface area (Å²) in [6, 6.07) is 5.86. The standard InChI is InChI=1S/C17H23NO3/c1-4-21-17(20)14-9-6-10-18(11-14)16(19)15-12(2)7-5-8-13(15)3/h5,7-8,14H,4,6,9-11H2,1-3H3. The second kappa shape index (κ2) is 6.74. The molecule has 0 aliphatic carbocycles. The average molecular weight is 289 g/mol. The molecule has 21 heavy (non-hydrogen) atoms. The number of hydrogen-bond donors (Lipinski definition) is 0. The first kappa shape index (κ1) is 15.5. The molecule has 0 aromatic heterocycles. The largest absolute Gasteiger partial charge is 0.466 e. The normalized spacial score (nSPS) is 18.4. The highest BCUT2D eigenvalue weighted by Gasteiger charge is 2.30. The Bertz CT molecular complexity index is 519. The van der Waals surface area contributed by atoms with Gasteiger partial charge in [0.05, 0.1) is 12.5 Å². The van der Waals surface area contributed by atoms with Crippen LogP contribution in [-0.4, -0.2) is 36.5 Å². The molecule has 0 radical (unpaired) electrons. The molecule has 1 aromatic carbocycles. The van der Waals surface area contributed by atoms with Crippen molar-refractivity contribution in [3.05, 3.63) is 34.9 Å². The highest BCUT2D eigenvalue weighted by molar-refractivity contribution is 5.97. The number of amides is 1. The molecular weight excluding hydrogens is 266 g/mol. The number of piperidine rings is 1. The lowest BCUT2D eigenvalue weighted by Gasteiger charge is -2.32. The van der Waals surface area contributed by atoms with Crippen molar-refractivity contribution in [2.75, 3.05) is 19.7 Å². The first-order chi connectivity index (χ1) is 10.0. The van der Waals surface area contributed by atoms with Crippen molar-refractivity contribution in [1.29, 1.82) is 0 Å². The number of hydrogen-bond acceptors (Lipinski definition) is 3. The zero-order valence-electron chi connectivity index (χ0n) is 13.0. The summed E-state index contributed by atoms with van der Waals surface area (Å²) in [5.74, 6) is -0.344. The monoisotopic (exact) mass is 289 g/mol. The number of carbonyl (C=O) groups excluding carboxylic acids is 2. The van der Waals surface area contributed by atoms with E-state index in [9.17, 15) is 9.59 Å². The van der Waals surface area contributed by atoms with Crippen LogP contribution in [0.25, 0.3) is 0 Å². The average Bonchev–Trinajstić information content (AvgIpc) is 2.47. The van der Waals surface area contributed by atoms with E-state index in [0.29, 0.717) is 19.7 Å². The highest BCUT2D eigenvalue weighted by Crippen LogP contribution is 2.22. The minimum Gasteiger partial charge on any atom is -0.466 e. The van der Waals surface area contributed by atoms with Crippen molar-refractivity contribution in [2.45, 2.75) is 33.6 Å². The Morgan fingerprint density at radius 2 is 1.95 bits per heavy atom. The SMILES string of the molecule is CCOC(=O)C1CCCN(C(=O)c2c(C)cccc2C)C1. The van der Waals surface area contributed by atoms with Crippen LogP contribution in [-0.2, 0) is 9.53 Å². The Hall–Kier alpha value is -1.84. The zero-order chi connectivity index (χ0) is 15.4. The molecule has 1 aliphatic heterocycles. The second-order valence-electron chi connectivity index (χ2n) is 5.61. The lowest BCUT2D eigenvalue weighted by Crippen LogP contribution is -2.43. The molecule has 1 heterocycles. The van der Waals surface area contributed by atoms with E-state index < -0.39 is 0 Å². The minimum atomic E-state index is -0.188. The van der Waals surface area contributed by atoms with E-state index in [0.717, 1.165) is 29.5 Å². The van der Waals surface area contributed by atoms with E-state index in [1.807, 2.05) is 32.0 Å². The number of likely N-dealkylation sites (tertiary alicyclic amines) is 1. The van der Waals surface area contributed by atoms with E-state index >= 15 is 0 Å². The fourth-order valence-electron chi connectivity index (χ4n) is 2.92. The van der Waals surface area contributed by atoms with Gasteiger partial charge >= 0.3 is 5.97 Å². The van der Waals surface area contributed by atoms with Gasteiger partial charge in [-0.15, -0.1) is 0 Å². The Morgan fingerprint density at radius 1 is 1.29 bits per heavy atom. The molecule has 0 saturated carbocycles. The fraction of sp³-hybridized carbons (Fsp3) is 0.529. The van der Waals surface area contributed by atoms with Crippen LogP contribution in [0.4, 0.5) is 0 Å². The van der Waals surface area contributed by atoms with Gasteiger partial charge in [0, 0.05) is 18.7 Å². The minimum absolute atomic E-state index is 0.0274. The maximum absolute atomic E-state index is 12.7. The van der Waals surface area contributed by atoms with Crippen molar-refractivity contribution in [2.24, 2.45) is 5.92 Å². The molecule has 1 unspecified atom stereocenters. The second-order valence-corrected chi connectivity index (χ2v) is 5.61. The van der Waals surface area contributed by atoms with E-state index in [-0.39, 0.29) is 17.8 Å². The molecule has 1 aromatic rings. The van der Waals surface area contributed by atoms with Crippen molar-refractivity contribution < 1.29 is 14.3 Å². The van der Waals surface area contributed by atoms with Crippen LogP contribution in [0.3, 0.4) is 0 Å². The molecule has 1 amide bonds. The van der Waals surface area contributed by atoms with E-state index in [2.05, 4.69) is 0 Å². The van der Waals surface area contributed by atoms with Crippen LogP contribution in [0.2, 0.25) is 0 Å². The lowest BCUT2D eigenvalue weighted by atomic mass is 9.95. The fourth-order valence-corrected chi connectivity index (χ4v) is 2.92. The number of carbonyl (C=O) groups is 2. The quantitative estimate of drug-likeness (QED) is 0.804.